The second-order valence-corrected chi connectivity index (χ2v) is 7.76. The van der Waals surface area contributed by atoms with Crippen LogP contribution >= 0.6 is 11.3 Å². The molecule has 31 heavy (non-hydrogen) atoms. The van der Waals surface area contributed by atoms with Crippen LogP contribution in [0.15, 0.2) is 82.7 Å². The van der Waals surface area contributed by atoms with Crippen LogP contribution in [0.5, 0.6) is 0 Å². The van der Waals surface area contributed by atoms with Crippen LogP contribution in [-0.2, 0) is 4.79 Å². The van der Waals surface area contributed by atoms with E-state index >= 15 is 0 Å². The molecule has 0 saturated heterocycles. The molecule has 1 atom stereocenters. The van der Waals surface area contributed by atoms with Crippen molar-refractivity contribution in [2.24, 2.45) is 0 Å². The van der Waals surface area contributed by atoms with Gasteiger partial charge in [-0.3, -0.25) is 9.59 Å². The van der Waals surface area contributed by atoms with Gasteiger partial charge in [0.25, 0.3) is 11.8 Å². The standard InChI is InChI=1S/C23H20N4O3S/c1-15-14-20(27-30-15)26-23(29)21(16-6-3-2-4-7-16)24-17-9-11-18(12-10-17)25-22(28)19-8-5-13-31-19/h2-14,21,24H,1H3,(H,25,28)(H,26,27,29). The zero-order valence-corrected chi connectivity index (χ0v) is 17.5. The number of aromatic nitrogens is 1. The van der Waals surface area contributed by atoms with E-state index in [0.717, 1.165) is 11.3 Å². The van der Waals surface area contributed by atoms with Crippen LogP contribution in [0, 0.1) is 6.92 Å². The highest BCUT2D eigenvalue weighted by atomic mass is 32.1. The Morgan fingerprint density at radius 3 is 2.32 bits per heavy atom. The molecule has 3 N–H and O–H groups in total. The number of hydrogen-bond donors (Lipinski definition) is 3. The van der Waals surface area contributed by atoms with E-state index in [1.165, 1.54) is 11.3 Å². The van der Waals surface area contributed by atoms with Gasteiger partial charge in [0, 0.05) is 17.4 Å². The number of hydrogen-bond acceptors (Lipinski definition) is 6. The summed E-state index contributed by atoms with van der Waals surface area (Å²) in [4.78, 5) is 25.8. The van der Waals surface area contributed by atoms with Crippen molar-refractivity contribution in [1.82, 2.24) is 5.16 Å². The molecule has 0 aliphatic carbocycles. The molecule has 0 aliphatic rings. The molecular weight excluding hydrogens is 412 g/mol. The molecular formula is C23H20N4O3S. The van der Waals surface area contributed by atoms with Gasteiger partial charge in [-0.15, -0.1) is 11.3 Å². The highest BCUT2D eigenvalue weighted by molar-refractivity contribution is 7.12. The molecule has 1 unspecified atom stereocenters. The zero-order chi connectivity index (χ0) is 21.6. The second-order valence-electron chi connectivity index (χ2n) is 6.81. The third kappa shape index (κ3) is 5.18. The maximum Gasteiger partial charge on any atom is 0.265 e. The molecule has 2 heterocycles. The summed E-state index contributed by atoms with van der Waals surface area (Å²) in [5.74, 6) is 0.548. The predicted molar refractivity (Wildman–Crippen MR) is 121 cm³/mol. The fourth-order valence-corrected chi connectivity index (χ4v) is 3.61. The summed E-state index contributed by atoms with van der Waals surface area (Å²) in [6.07, 6.45) is 0. The fraction of sp³-hybridized carbons (Fsp3) is 0.0870. The zero-order valence-electron chi connectivity index (χ0n) is 16.7. The molecule has 156 valence electrons. The molecule has 0 radical (unpaired) electrons. The topological polar surface area (TPSA) is 96.3 Å². The molecule has 4 aromatic rings. The Hall–Kier alpha value is -3.91. The summed E-state index contributed by atoms with van der Waals surface area (Å²) >= 11 is 1.38. The molecule has 4 rings (SSSR count). The maximum absolute atomic E-state index is 13.0. The highest BCUT2D eigenvalue weighted by Crippen LogP contribution is 2.23. The number of nitrogens with one attached hydrogen (secondary N) is 3. The Bertz CT molecular complexity index is 1160. The van der Waals surface area contributed by atoms with E-state index in [2.05, 4.69) is 21.1 Å². The Balaban J connectivity index is 1.48. The van der Waals surface area contributed by atoms with Gasteiger partial charge in [-0.05, 0) is 48.2 Å². The maximum atomic E-state index is 13.0. The van der Waals surface area contributed by atoms with Crippen molar-refractivity contribution in [3.05, 3.63) is 94.4 Å². The first-order valence-corrected chi connectivity index (χ1v) is 10.5. The number of benzene rings is 2. The van der Waals surface area contributed by atoms with Gasteiger partial charge in [-0.1, -0.05) is 41.6 Å². The van der Waals surface area contributed by atoms with Crippen LogP contribution in [0.2, 0.25) is 0 Å². The molecule has 2 aromatic heterocycles. The van der Waals surface area contributed by atoms with Crippen LogP contribution in [-0.4, -0.2) is 17.0 Å². The summed E-state index contributed by atoms with van der Waals surface area (Å²) in [5, 5.41) is 14.6. The highest BCUT2D eigenvalue weighted by Gasteiger charge is 2.21. The molecule has 0 bridgehead atoms. The monoisotopic (exact) mass is 432 g/mol. The third-order valence-electron chi connectivity index (χ3n) is 4.47. The lowest BCUT2D eigenvalue weighted by atomic mass is 10.1. The molecule has 2 amide bonds. The smallest absolute Gasteiger partial charge is 0.265 e. The molecule has 2 aromatic carbocycles. The fourth-order valence-electron chi connectivity index (χ4n) is 2.99. The minimum atomic E-state index is -0.648. The number of nitrogens with zero attached hydrogens (tertiary/aromatic N) is 1. The number of aryl methyl sites for hydroxylation is 1. The molecule has 0 fully saturated rings. The first-order valence-electron chi connectivity index (χ1n) is 9.59. The van der Waals surface area contributed by atoms with Gasteiger partial charge in [0.2, 0.25) is 0 Å². The molecule has 8 heteroatoms. The van der Waals surface area contributed by atoms with Crippen molar-refractivity contribution in [3.8, 4) is 0 Å². The summed E-state index contributed by atoms with van der Waals surface area (Å²) in [6, 6.07) is 21.2. The lowest BCUT2D eigenvalue weighted by molar-refractivity contribution is -0.117. The van der Waals surface area contributed by atoms with E-state index < -0.39 is 6.04 Å². The van der Waals surface area contributed by atoms with Crippen molar-refractivity contribution < 1.29 is 14.1 Å². The average Bonchev–Trinajstić information content (AvgIpc) is 3.46. The Morgan fingerprint density at radius 2 is 1.68 bits per heavy atom. The van der Waals surface area contributed by atoms with Crippen LogP contribution in [0.1, 0.15) is 27.0 Å². The summed E-state index contributed by atoms with van der Waals surface area (Å²) in [6.45, 7) is 1.76. The van der Waals surface area contributed by atoms with E-state index in [1.807, 2.05) is 53.9 Å². The lowest BCUT2D eigenvalue weighted by Gasteiger charge is -2.19. The third-order valence-corrected chi connectivity index (χ3v) is 5.34. The SMILES string of the molecule is Cc1cc(NC(=O)C(Nc2ccc(NC(=O)c3cccs3)cc2)c2ccccc2)no1. The van der Waals surface area contributed by atoms with Gasteiger partial charge in [0.15, 0.2) is 5.82 Å². The quantitative estimate of drug-likeness (QED) is 0.378. The van der Waals surface area contributed by atoms with Gasteiger partial charge >= 0.3 is 0 Å². The first kappa shape index (κ1) is 20.4. The average molecular weight is 433 g/mol. The minimum absolute atomic E-state index is 0.153. The number of carbonyl (C=O) groups is 2. The van der Waals surface area contributed by atoms with Gasteiger partial charge < -0.3 is 20.5 Å². The number of carbonyl (C=O) groups excluding carboxylic acids is 2. The largest absolute Gasteiger partial charge is 0.370 e. The molecule has 0 spiro atoms. The Labute approximate surface area is 183 Å². The normalized spacial score (nSPS) is 11.5. The van der Waals surface area contributed by atoms with E-state index in [9.17, 15) is 9.59 Å². The molecule has 7 nitrogen and oxygen atoms in total. The Morgan fingerprint density at radius 1 is 0.935 bits per heavy atom. The van der Waals surface area contributed by atoms with Crippen molar-refractivity contribution in [1.29, 1.82) is 0 Å². The van der Waals surface area contributed by atoms with Crippen molar-refractivity contribution in [3.63, 3.8) is 0 Å². The van der Waals surface area contributed by atoms with Crippen LogP contribution in [0.3, 0.4) is 0 Å². The first-order chi connectivity index (χ1) is 15.1. The van der Waals surface area contributed by atoms with E-state index in [0.29, 0.717) is 22.1 Å². The number of anilines is 3. The second kappa shape index (κ2) is 9.27. The van der Waals surface area contributed by atoms with E-state index in [4.69, 9.17) is 4.52 Å². The van der Waals surface area contributed by atoms with Crippen molar-refractivity contribution >= 4 is 40.3 Å². The summed E-state index contributed by atoms with van der Waals surface area (Å²) in [7, 11) is 0. The van der Waals surface area contributed by atoms with E-state index in [-0.39, 0.29) is 11.8 Å². The molecule has 0 aliphatic heterocycles. The van der Waals surface area contributed by atoms with E-state index in [1.54, 1.807) is 31.2 Å². The Kier molecular flexibility index (Phi) is 6.09. The molecule has 0 saturated carbocycles. The van der Waals surface area contributed by atoms with Crippen LogP contribution in [0.25, 0.3) is 0 Å². The minimum Gasteiger partial charge on any atom is -0.370 e. The van der Waals surface area contributed by atoms with Gasteiger partial charge in [0.1, 0.15) is 11.8 Å². The predicted octanol–water partition coefficient (Wildman–Crippen LogP) is 5.09. The van der Waals surface area contributed by atoms with Crippen molar-refractivity contribution in [2.75, 3.05) is 16.0 Å². The number of amides is 2. The van der Waals surface area contributed by atoms with Crippen molar-refractivity contribution in [2.45, 2.75) is 13.0 Å². The summed E-state index contributed by atoms with van der Waals surface area (Å²) in [5.41, 5.74) is 2.20. The number of thiophene rings is 1. The van der Waals surface area contributed by atoms with Crippen LogP contribution < -0.4 is 16.0 Å². The van der Waals surface area contributed by atoms with Gasteiger partial charge in [-0.2, -0.15) is 0 Å². The van der Waals surface area contributed by atoms with Gasteiger partial charge in [-0.25, -0.2) is 0 Å². The summed E-state index contributed by atoms with van der Waals surface area (Å²) < 4.78 is 5.02. The number of rotatable bonds is 7. The van der Waals surface area contributed by atoms with Gasteiger partial charge in [0.05, 0.1) is 4.88 Å². The van der Waals surface area contributed by atoms with Crippen LogP contribution in [0.4, 0.5) is 17.2 Å². The lowest BCUT2D eigenvalue weighted by Crippen LogP contribution is -2.27.